The van der Waals surface area contributed by atoms with Crippen LogP contribution >= 0.6 is 0 Å². The Balaban J connectivity index is 1.42. The monoisotopic (exact) mass is 450 g/mol. The van der Waals surface area contributed by atoms with Crippen molar-refractivity contribution in [2.75, 3.05) is 4.72 Å². The Morgan fingerprint density at radius 3 is 2.69 bits per heavy atom. The number of amides is 3. The van der Waals surface area contributed by atoms with Crippen LogP contribution in [0.15, 0.2) is 59.6 Å². The third-order valence-corrected chi connectivity index (χ3v) is 7.07. The normalized spacial score (nSPS) is 18.6. The van der Waals surface area contributed by atoms with Crippen LogP contribution in [-0.2, 0) is 26.2 Å². The van der Waals surface area contributed by atoms with Gasteiger partial charge in [-0.3, -0.25) is 29.4 Å². The lowest BCUT2D eigenvalue weighted by Crippen LogP contribution is -2.52. The Morgan fingerprint density at radius 1 is 1.06 bits per heavy atom. The van der Waals surface area contributed by atoms with Gasteiger partial charge in [0.25, 0.3) is 15.9 Å². The summed E-state index contributed by atoms with van der Waals surface area (Å²) in [7, 11) is -3.93. The van der Waals surface area contributed by atoms with Crippen LogP contribution in [-0.4, -0.2) is 42.1 Å². The van der Waals surface area contributed by atoms with Crippen LogP contribution in [0.4, 0.5) is 5.69 Å². The molecule has 9 nitrogen and oxygen atoms in total. The van der Waals surface area contributed by atoms with Crippen molar-refractivity contribution in [3.63, 3.8) is 0 Å². The zero-order chi connectivity index (χ0) is 22.5. The van der Waals surface area contributed by atoms with E-state index < -0.39 is 22.0 Å². The molecule has 1 fully saturated rings. The molecule has 0 aliphatic carbocycles. The van der Waals surface area contributed by atoms with Gasteiger partial charge >= 0.3 is 0 Å². The molecular weight excluding hydrogens is 432 g/mol. The van der Waals surface area contributed by atoms with Gasteiger partial charge in [-0.05, 0) is 42.3 Å². The van der Waals surface area contributed by atoms with Crippen LogP contribution in [0.5, 0.6) is 0 Å². The third-order valence-electron chi connectivity index (χ3n) is 5.66. The van der Waals surface area contributed by atoms with Gasteiger partial charge in [-0.25, -0.2) is 8.42 Å². The number of rotatable bonds is 4. The summed E-state index contributed by atoms with van der Waals surface area (Å²) >= 11 is 0. The number of nitrogens with zero attached hydrogens (tertiary/aromatic N) is 2. The molecule has 0 saturated carbocycles. The van der Waals surface area contributed by atoms with E-state index in [0.29, 0.717) is 27.7 Å². The van der Waals surface area contributed by atoms with E-state index in [4.69, 9.17) is 0 Å². The standard InChI is InChI=1S/C22H18N4O5S/c27-19-9-8-17(21(28)24-19)26-12-14-11-15(6-7-16(14)22(26)29)25-32(30,31)18-5-1-3-13-4-2-10-23-20(13)18/h1-7,10-11,17,25H,8-9,12H2,(H,24,27,28). The van der Waals surface area contributed by atoms with Crippen LogP contribution in [0.2, 0.25) is 0 Å². The maximum atomic E-state index is 13.1. The summed E-state index contributed by atoms with van der Waals surface area (Å²) in [5, 5.41) is 2.96. The predicted molar refractivity (Wildman–Crippen MR) is 115 cm³/mol. The van der Waals surface area contributed by atoms with Crippen LogP contribution in [0.3, 0.4) is 0 Å². The highest BCUT2D eigenvalue weighted by Crippen LogP contribution is 2.30. The largest absolute Gasteiger partial charge is 0.322 e. The van der Waals surface area contributed by atoms with Crippen molar-refractivity contribution in [2.24, 2.45) is 0 Å². The molecule has 2 N–H and O–H groups in total. The highest BCUT2D eigenvalue weighted by atomic mass is 32.2. The number of anilines is 1. The van der Waals surface area contributed by atoms with E-state index >= 15 is 0 Å². The van der Waals surface area contributed by atoms with E-state index in [9.17, 15) is 22.8 Å². The smallest absolute Gasteiger partial charge is 0.264 e. The van der Waals surface area contributed by atoms with E-state index in [1.54, 1.807) is 36.4 Å². The predicted octanol–water partition coefficient (Wildman–Crippen LogP) is 1.80. The average Bonchev–Trinajstić information content (AvgIpc) is 3.08. The van der Waals surface area contributed by atoms with Crippen molar-refractivity contribution in [2.45, 2.75) is 30.3 Å². The Kier molecular flexibility index (Phi) is 4.66. The summed E-state index contributed by atoms with van der Waals surface area (Å²) in [5.41, 5.74) is 1.68. The lowest BCUT2D eigenvalue weighted by molar-refractivity contribution is -0.136. The number of piperidine rings is 1. The minimum atomic E-state index is -3.93. The molecule has 2 aliphatic rings. The number of imide groups is 1. The first-order valence-electron chi connectivity index (χ1n) is 9.98. The van der Waals surface area contributed by atoms with Crippen molar-refractivity contribution < 1.29 is 22.8 Å². The molecule has 1 atom stereocenters. The third kappa shape index (κ3) is 3.38. The van der Waals surface area contributed by atoms with Crippen LogP contribution in [0.25, 0.3) is 10.9 Å². The fourth-order valence-electron chi connectivity index (χ4n) is 4.14. The Morgan fingerprint density at radius 2 is 1.88 bits per heavy atom. The van der Waals surface area contributed by atoms with Crippen molar-refractivity contribution in [1.82, 2.24) is 15.2 Å². The molecule has 10 heteroatoms. The number of nitrogens with one attached hydrogen (secondary N) is 2. The molecule has 32 heavy (non-hydrogen) atoms. The number of hydrogen-bond donors (Lipinski definition) is 2. The van der Waals surface area contributed by atoms with Gasteiger partial charge < -0.3 is 4.90 Å². The van der Waals surface area contributed by atoms with E-state index in [1.807, 2.05) is 0 Å². The molecule has 3 amide bonds. The molecule has 3 aromatic rings. The van der Waals surface area contributed by atoms with Gasteiger partial charge in [0, 0.05) is 35.8 Å². The fraction of sp³-hybridized carbons (Fsp3) is 0.182. The molecule has 162 valence electrons. The summed E-state index contributed by atoms with van der Waals surface area (Å²) in [6.45, 7) is 0.159. The molecule has 0 bridgehead atoms. The van der Waals surface area contributed by atoms with Crippen LogP contribution < -0.4 is 10.0 Å². The minimum absolute atomic E-state index is 0.0531. The Hall–Kier alpha value is -3.79. The van der Waals surface area contributed by atoms with E-state index in [2.05, 4.69) is 15.0 Å². The maximum absolute atomic E-state index is 13.1. The van der Waals surface area contributed by atoms with Gasteiger partial charge in [-0.2, -0.15) is 0 Å². The van der Waals surface area contributed by atoms with Crippen molar-refractivity contribution in [1.29, 1.82) is 0 Å². The lowest BCUT2D eigenvalue weighted by atomic mass is 10.0. The molecule has 5 rings (SSSR count). The fourth-order valence-corrected chi connectivity index (χ4v) is 5.37. The Bertz CT molecular complexity index is 1400. The SMILES string of the molecule is O=C1CCC(N2Cc3cc(NS(=O)(=O)c4cccc5cccnc45)ccc3C2=O)C(=O)N1. The second kappa shape index (κ2) is 7.41. The molecule has 2 aliphatic heterocycles. The van der Waals surface area contributed by atoms with Gasteiger partial charge in [-0.1, -0.05) is 18.2 Å². The quantitative estimate of drug-likeness (QED) is 0.584. The van der Waals surface area contributed by atoms with Crippen molar-refractivity contribution >= 4 is 44.3 Å². The van der Waals surface area contributed by atoms with Crippen molar-refractivity contribution in [3.8, 4) is 0 Å². The summed E-state index contributed by atoms with van der Waals surface area (Å²) < 4.78 is 28.7. The minimum Gasteiger partial charge on any atom is -0.322 e. The van der Waals surface area contributed by atoms with Crippen molar-refractivity contribution in [3.05, 3.63) is 65.9 Å². The maximum Gasteiger partial charge on any atom is 0.264 e. The van der Waals surface area contributed by atoms with Crippen LogP contribution in [0.1, 0.15) is 28.8 Å². The number of hydrogen-bond acceptors (Lipinski definition) is 6. The van der Waals surface area contributed by atoms with Gasteiger partial charge in [0.2, 0.25) is 11.8 Å². The van der Waals surface area contributed by atoms with Gasteiger partial charge in [0.1, 0.15) is 10.9 Å². The highest BCUT2D eigenvalue weighted by Gasteiger charge is 2.39. The molecule has 2 aromatic carbocycles. The summed E-state index contributed by atoms with van der Waals surface area (Å²) in [4.78, 5) is 42.1. The van der Waals surface area contributed by atoms with E-state index in [1.165, 1.54) is 23.2 Å². The number of pyridine rings is 1. The lowest BCUT2D eigenvalue weighted by Gasteiger charge is -2.29. The Labute approximate surface area is 183 Å². The molecule has 1 aromatic heterocycles. The van der Waals surface area contributed by atoms with Crippen LogP contribution in [0, 0.1) is 0 Å². The molecule has 0 spiro atoms. The molecule has 1 saturated heterocycles. The zero-order valence-electron chi connectivity index (χ0n) is 16.7. The first-order chi connectivity index (χ1) is 15.3. The highest BCUT2D eigenvalue weighted by molar-refractivity contribution is 7.93. The second-order valence-corrected chi connectivity index (χ2v) is 9.36. The van der Waals surface area contributed by atoms with Gasteiger partial charge in [0.05, 0.1) is 5.52 Å². The van der Waals surface area contributed by atoms with E-state index in [-0.39, 0.29) is 36.1 Å². The zero-order valence-corrected chi connectivity index (χ0v) is 17.6. The number of para-hydroxylation sites is 1. The molecule has 1 unspecified atom stereocenters. The number of sulfonamides is 1. The van der Waals surface area contributed by atoms with Gasteiger partial charge in [-0.15, -0.1) is 0 Å². The molecule has 3 heterocycles. The first-order valence-corrected chi connectivity index (χ1v) is 11.5. The topological polar surface area (TPSA) is 126 Å². The second-order valence-electron chi connectivity index (χ2n) is 7.71. The number of benzene rings is 2. The number of aromatic nitrogens is 1. The first kappa shape index (κ1) is 20.1. The van der Waals surface area contributed by atoms with Gasteiger partial charge in [0.15, 0.2) is 0 Å². The summed E-state index contributed by atoms with van der Waals surface area (Å²) in [6, 6.07) is 12.4. The van der Waals surface area contributed by atoms with E-state index in [0.717, 1.165) is 0 Å². The molecular formula is C22H18N4O5S. The summed E-state index contributed by atoms with van der Waals surface area (Å²) in [6.07, 6.45) is 1.96. The number of carbonyl (C=O) groups excluding carboxylic acids is 3. The summed E-state index contributed by atoms with van der Waals surface area (Å²) in [5.74, 6) is -1.16. The number of fused-ring (bicyclic) bond motifs is 2. The number of carbonyl (C=O) groups is 3. The molecule has 0 radical (unpaired) electrons. The average molecular weight is 450 g/mol.